The van der Waals surface area contributed by atoms with Gasteiger partial charge in [-0.1, -0.05) is 32.0 Å². The van der Waals surface area contributed by atoms with Crippen LogP contribution in [0.5, 0.6) is 5.75 Å². The summed E-state index contributed by atoms with van der Waals surface area (Å²) in [7, 11) is 1.36. The lowest BCUT2D eigenvalue weighted by atomic mass is 9.74. The summed E-state index contributed by atoms with van der Waals surface area (Å²) >= 11 is 0. The molecule has 2 aromatic carbocycles. The van der Waals surface area contributed by atoms with Crippen molar-refractivity contribution in [2.45, 2.75) is 37.5 Å². The summed E-state index contributed by atoms with van der Waals surface area (Å²) in [6.45, 7) is 2.04. The molecule has 1 unspecified atom stereocenters. The molecule has 2 aromatic rings. The highest BCUT2D eigenvalue weighted by Crippen LogP contribution is 2.45. The molecule has 4 nitrogen and oxygen atoms in total. The Morgan fingerprint density at radius 3 is 2.41 bits per heavy atom. The molecule has 0 aliphatic carbocycles. The van der Waals surface area contributed by atoms with E-state index in [9.17, 15) is 27.8 Å². The summed E-state index contributed by atoms with van der Waals surface area (Å²) in [5.41, 5.74) is -2.41. The van der Waals surface area contributed by atoms with Gasteiger partial charge in [0.05, 0.1) is 20.3 Å². The van der Waals surface area contributed by atoms with Crippen molar-refractivity contribution in [3.8, 4) is 5.75 Å². The molecular weight excluding hydrogens is 426 g/mol. The lowest BCUT2D eigenvalue weighted by Gasteiger charge is -2.42. The zero-order valence-electron chi connectivity index (χ0n) is 18.2. The molecule has 0 amide bonds. The van der Waals surface area contributed by atoms with E-state index in [0.717, 1.165) is 6.07 Å². The summed E-state index contributed by atoms with van der Waals surface area (Å²) in [4.78, 5) is 1.42. The normalized spacial score (nSPS) is 16.3. The SMILES string of the molecule is COc1ccc(F)cc1C(C)(C)CC(O)(CN1CC(CO)=Cc2ccccc21)C(F)(F)F. The Hall–Kier alpha value is -2.58. The monoisotopic (exact) mass is 453 g/mol. The lowest BCUT2D eigenvalue weighted by molar-refractivity contribution is -0.262. The topological polar surface area (TPSA) is 52.9 Å². The minimum absolute atomic E-state index is 0.0512. The van der Waals surface area contributed by atoms with E-state index in [1.54, 1.807) is 30.3 Å². The first-order valence-electron chi connectivity index (χ1n) is 10.2. The second-order valence-electron chi connectivity index (χ2n) is 8.81. The third-order valence-corrected chi connectivity index (χ3v) is 5.84. The Labute approximate surface area is 184 Å². The number of ether oxygens (including phenoxy) is 1. The largest absolute Gasteiger partial charge is 0.496 e. The second kappa shape index (κ2) is 8.75. The van der Waals surface area contributed by atoms with Crippen LogP contribution in [0.2, 0.25) is 0 Å². The van der Waals surface area contributed by atoms with Crippen molar-refractivity contribution in [3.05, 3.63) is 65.0 Å². The zero-order valence-corrected chi connectivity index (χ0v) is 18.2. The number of alkyl halides is 3. The van der Waals surface area contributed by atoms with Crippen molar-refractivity contribution >= 4 is 11.8 Å². The quantitative estimate of drug-likeness (QED) is 0.598. The predicted molar refractivity (Wildman–Crippen MR) is 115 cm³/mol. The Balaban J connectivity index is 2.00. The highest BCUT2D eigenvalue weighted by atomic mass is 19.4. The number of methoxy groups -OCH3 is 1. The molecule has 8 heteroatoms. The van der Waals surface area contributed by atoms with Gasteiger partial charge in [0.1, 0.15) is 11.6 Å². The van der Waals surface area contributed by atoms with Gasteiger partial charge in [-0.25, -0.2) is 4.39 Å². The maximum Gasteiger partial charge on any atom is 0.418 e. The van der Waals surface area contributed by atoms with Crippen molar-refractivity contribution < 1.29 is 32.5 Å². The number of anilines is 1. The number of hydrogen-bond acceptors (Lipinski definition) is 4. The summed E-state index contributed by atoms with van der Waals surface area (Å²) in [5.74, 6) is -0.359. The number of rotatable bonds is 7. The first-order valence-corrected chi connectivity index (χ1v) is 10.2. The molecule has 3 rings (SSSR count). The molecule has 0 bridgehead atoms. The van der Waals surface area contributed by atoms with Gasteiger partial charge in [-0.3, -0.25) is 0 Å². The van der Waals surface area contributed by atoms with E-state index in [1.807, 2.05) is 0 Å². The molecule has 0 spiro atoms. The third-order valence-electron chi connectivity index (χ3n) is 5.84. The van der Waals surface area contributed by atoms with Gasteiger partial charge in [0.25, 0.3) is 0 Å². The molecule has 0 radical (unpaired) electrons. The number of para-hydroxylation sites is 1. The summed E-state index contributed by atoms with van der Waals surface area (Å²) in [6.07, 6.45) is -3.94. The van der Waals surface area contributed by atoms with Crippen LogP contribution in [0.4, 0.5) is 23.2 Å². The van der Waals surface area contributed by atoms with Crippen LogP contribution < -0.4 is 9.64 Å². The van der Waals surface area contributed by atoms with Crippen LogP contribution >= 0.6 is 0 Å². The average Bonchev–Trinajstić information content (AvgIpc) is 2.72. The molecule has 0 saturated carbocycles. The van der Waals surface area contributed by atoms with E-state index in [1.165, 1.54) is 38.0 Å². The van der Waals surface area contributed by atoms with E-state index in [2.05, 4.69) is 0 Å². The van der Waals surface area contributed by atoms with Crippen molar-refractivity contribution in [3.63, 3.8) is 0 Å². The summed E-state index contributed by atoms with van der Waals surface area (Å²) in [6, 6.07) is 10.5. The maximum atomic E-state index is 14.3. The Bertz CT molecular complexity index is 1000. The average molecular weight is 453 g/mol. The van der Waals surface area contributed by atoms with E-state index in [4.69, 9.17) is 4.74 Å². The van der Waals surface area contributed by atoms with Crippen LogP contribution in [0.1, 0.15) is 31.4 Å². The summed E-state index contributed by atoms with van der Waals surface area (Å²) < 4.78 is 62.0. The number of β-amino-alcohol motifs (C(OH)–C–C–N with tert-alkyl or cyclic N) is 1. The second-order valence-corrected chi connectivity index (χ2v) is 8.81. The lowest BCUT2D eigenvalue weighted by Crippen LogP contribution is -2.57. The minimum Gasteiger partial charge on any atom is -0.496 e. The van der Waals surface area contributed by atoms with Gasteiger partial charge < -0.3 is 19.8 Å². The van der Waals surface area contributed by atoms with Gasteiger partial charge in [-0.2, -0.15) is 13.2 Å². The van der Waals surface area contributed by atoms with E-state index < -0.39 is 36.0 Å². The number of halogens is 4. The zero-order chi connectivity index (χ0) is 23.7. The van der Waals surface area contributed by atoms with Crippen LogP contribution in [0.3, 0.4) is 0 Å². The number of aliphatic hydroxyl groups excluding tert-OH is 1. The molecule has 174 valence electrons. The number of fused-ring (bicyclic) bond motifs is 1. The Kier molecular flexibility index (Phi) is 6.58. The number of benzene rings is 2. The molecule has 1 aliphatic rings. The molecule has 0 aromatic heterocycles. The Morgan fingerprint density at radius 2 is 1.78 bits per heavy atom. The molecule has 0 saturated heterocycles. The van der Waals surface area contributed by atoms with E-state index in [0.29, 0.717) is 16.8 Å². The highest BCUT2D eigenvalue weighted by Gasteiger charge is 2.57. The van der Waals surface area contributed by atoms with Gasteiger partial charge in [-0.05, 0) is 53.3 Å². The molecule has 1 aliphatic heterocycles. The van der Waals surface area contributed by atoms with Crippen molar-refractivity contribution in [1.82, 2.24) is 0 Å². The van der Waals surface area contributed by atoms with Crippen molar-refractivity contribution in [2.75, 3.05) is 31.7 Å². The van der Waals surface area contributed by atoms with Crippen LogP contribution in [0.15, 0.2) is 48.0 Å². The molecule has 0 fully saturated rings. The maximum absolute atomic E-state index is 14.3. The smallest absolute Gasteiger partial charge is 0.418 e. The Morgan fingerprint density at radius 1 is 1.09 bits per heavy atom. The van der Waals surface area contributed by atoms with Crippen molar-refractivity contribution in [2.24, 2.45) is 0 Å². The van der Waals surface area contributed by atoms with Crippen LogP contribution in [0, 0.1) is 5.82 Å². The number of nitrogens with zero attached hydrogens (tertiary/aromatic N) is 1. The molecule has 1 atom stereocenters. The van der Waals surface area contributed by atoms with E-state index >= 15 is 0 Å². The minimum atomic E-state index is -4.96. The predicted octanol–water partition coefficient (Wildman–Crippen LogP) is 4.69. The van der Waals surface area contributed by atoms with Crippen molar-refractivity contribution in [1.29, 1.82) is 0 Å². The number of aliphatic hydroxyl groups is 2. The standard InChI is InChI=1S/C24H27F4NO3/c1-22(2,19-11-18(25)8-9-21(19)32-3)14-23(31,24(26,27)28)15-29-12-16(13-30)10-17-6-4-5-7-20(17)29/h4-11,30-31H,12-15H2,1-3H3. The molecule has 32 heavy (non-hydrogen) atoms. The first kappa shape index (κ1) is 24.1. The molecular formula is C24H27F4NO3. The van der Waals surface area contributed by atoms with Gasteiger partial charge in [0.2, 0.25) is 0 Å². The summed E-state index contributed by atoms with van der Waals surface area (Å²) in [5, 5.41) is 20.6. The molecule has 2 N–H and O–H groups in total. The first-order chi connectivity index (χ1) is 14.9. The van der Waals surface area contributed by atoms with Crippen LogP contribution in [-0.4, -0.2) is 48.8 Å². The van der Waals surface area contributed by atoms with Crippen LogP contribution in [0.25, 0.3) is 6.08 Å². The molecule has 1 heterocycles. The fourth-order valence-electron chi connectivity index (χ4n) is 4.33. The van der Waals surface area contributed by atoms with E-state index in [-0.39, 0.29) is 24.5 Å². The van der Waals surface area contributed by atoms with Crippen LogP contribution in [-0.2, 0) is 5.41 Å². The number of hydrogen-bond donors (Lipinski definition) is 2. The van der Waals surface area contributed by atoms with Gasteiger partial charge in [-0.15, -0.1) is 0 Å². The fourth-order valence-corrected chi connectivity index (χ4v) is 4.33. The van der Waals surface area contributed by atoms with Gasteiger partial charge in [0, 0.05) is 17.8 Å². The third kappa shape index (κ3) is 4.76. The fraction of sp³-hybridized carbons (Fsp3) is 0.417. The highest BCUT2D eigenvalue weighted by molar-refractivity contribution is 5.73. The van der Waals surface area contributed by atoms with Gasteiger partial charge in [0.15, 0.2) is 5.60 Å². The van der Waals surface area contributed by atoms with Gasteiger partial charge >= 0.3 is 6.18 Å².